The van der Waals surface area contributed by atoms with E-state index < -0.39 is 0 Å². The first kappa shape index (κ1) is 13.4. The Labute approximate surface area is 115 Å². The topological polar surface area (TPSA) is 41.1 Å². The molecule has 0 radical (unpaired) electrons. The lowest BCUT2D eigenvalue weighted by Crippen LogP contribution is -2.12. The smallest absolute Gasteiger partial charge is 0.239 e. The van der Waals surface area contributed by atoms with Crippen molar-refractivity contribution in [3.63, 3.8) is 0 Å². The van der Waals surface area contributed by atoms with Crippen molar-refractivity contribution in [3.05, 3.63) is 54.3 Å². The number of alkyl halides is 1. The number of benzene rings is 2. The minimum atomic E-state index is -0.273. The molecule has 0 aliphatic rings. The molecule has 2 N–H and O–H groups in total. The number of nitrogens with one attached hydrogen (secondary N) is 2. The zero-order valence-corrected chi connectivity index (χ0v) is 10.7. The number of hydrogen-bond donors (Lipinski definition) is 2. The summed E-state index contributed by atoms with van der Waals surface area (Å²) >= 11 is 5.40. The van der Waals surface area contributed by atoms with Crippen LogP contribution >= 0.6 is 11.6 Å². The summed E-state index contributed by atoms with van der Waals surface area (Å²) in [4.78, 5) is 11.1. The Morgan fingerprint density at radius 3 is 1.95 bits per heavy atom. The van der Waals surface area contributed by atoms with Crippen LogP contribution in [0.3, 0.4) is 0 Å². The average Bonchev–Trinajstić information content (AvgIpc) is 2.43. The lowest BCUT2D eigenvalue weighted by molar-refractivity contribution is -0.113. The van der Waals surface area contributed by atoms with E-state index in [0.29, 0.717) is 5.69 Å². The van der Waals surface area contributed by atoms with Gasteiger partial charge >= 0.3 is 0 Å². The van der Waals surface area contributed by atoms with Gasteiger partial charge in [-0.05, 0) is 48.5 Å². The Morgan fingerprint density at radius 1 is 0.947 bits per heavy atom. The molecule has 3 nitrogen and oxygen atoms in total. The van der Waals surface area contributed by atoms with Gasteiger partial charge in [0.05, 0.1) is 0 Å². The van der Waals surface area contributed by atoms with Crippen molar-refractivity contribution in [1.29, 1.82) is 0 Å². The second-order valence-electron chi connectivity index (χ2n) is 3.89. The molecule has 0 atom stereocenters. The summed E-state index contributed by atoms with van der Waals surface area (Å²) in [5.74, 6) is -0.596. The standard InChI is InChI=1S/C14H12ClFN2O/c15-9-14(19)18-13-7-5-12(6-8-13)17-11-3-1-10(16)2-4-11/h1-8,17H,9H2,(H,18,19). The minimum Gasteiger partial charge on any atom is -0.356 e. The molecule has 0 bridgehead atoms. The minimum absolute atomic E-state index is 0.0738. The van der Waals surface area contributed by atoms with Gasteiger partial charge < -0.3 is 10.6 Å². The number of amides is 1. The summed E-state index contributed by atoms with van der Waals surface area (Å²) in [7, 11) is 0. The third-order valence-corrected chi connectivity index (χ3v) is 2.67. The molecule has 98 valence electrons. The van der Waals surface area contributed by atoms with Gasteiger partial charge in [-0.2, -0.15) is 0 Å². The van der Waals surface area contributed by atoms with Crippen LogP contribution in [0.15, 0.2) is 48.5 Å². The van der Waals surface area contributed by atoms with Crippen molar-refractivity contribution in [1.82, 2.24) is 0 Å². The van der Waals surface area contributed by atoms with Crippen LogP contribution in [0.5, 0.6) is 0 Å². The van der Waals surface area contributed by atoms with E-state index in [9.17, 15) is 9.18 Å². The van der Waals surface area contributed by atoms with E-state index in [1.54, 1.807) is 24.3 Å². The summed E-state index contributed by atoms with van der Waals surface area (Å²) in [5.41, 5.74) is 2.31. The number of anilines is 3. The summed E-state index contributed by atoms with van der Waals surface area (Å²) in [6, 6.07) is 13.2. The van der Waals surface area contributed by atoms with E-state index in [1.807, 2.05) is 12.1 Å². The van der Waals surface area contributed by atoms with Crippen molar-refractivity contribution in [2.24, 2.45) is 0 Å². The van der Waals surface area contributed by atoms with Gasteiger partial charge in [-0.3, -0.25) is 4.79 Å². The third kappa shape index (κ3) is 3.96. The molecule has 0 aliphatic carbocycles. The summed E-state index contributed by atoms with van der Waals surface area (Å²) in [6.45, 7) is 0. The molecule has 0 aliphatic heterocycles. The second kappa shape index (κ2) is 6.20. The SMILES string of the molecule is O=C(CCl)Nc1ccc(Nc2ccc(F)cc2)cc1. The summed E-state index contributed by atoms with van der Waals surface area (Å²) in [5, 5.41) is 5.76. The second-order valence-corrected chi connectivity index (χ2v) is 4.16. The lowest BCUT2D eigenvalue weighted by atomic mass is 10.2. The number of halogens is 2. The van der Waals surface area contributed by atoms with E-state index in [0.717, 1.165) is 11.4 Å². The quantitative estimate of drug-likeness (QED) is 0.837. The summed E-state index contributed by atoms with van der Waals surface area (Å²) < 4.78 is 12.8. The number of carbonyl (C=O) groups excluding carboxylic acids is 1. The maximum atomic E-state index is 12.8. The molecule has 0 unspecified atom stereocenters. The van der Waals surface area contributed by atoms with Crippen molar-refractivity contribution < 1.29 is 9.18 Å². The molecule has 0 saturated carbocycles. The van der Waals surface area contributed by atoms with Gasteiger partial charge in [0.2, 0.25) is 5.91 Å². The monoisotopic (exact) mass is 278 g/mol. The highest BCUT2D eigenvalue weighted by Gasteiger charge is 2.00. The van der Waals surface area contributed by atoms with Crippen LogP contribution in [0.4, 0.5) is 21.5 Å². The Balaban J connectivity index is 2.02. The first-order valence-electron chi connectivity index (χ1n) is 5.66. The molecular weight excluding hydrogens is 267 g/mol. The van der Waals surface area contributed by atoms with Gasteiger partial charge in [0.25, 0.3) is 0 Å². The van der Waals surface area contributed by atoms with Crippen LogP contribution in [-0.2, 0) is 4.79 Å². The number of carbonyl (C=O) groups is 1. The fraction of sp³-hybridized carbons (Fsp3) is 0.0714. The van der Waals surface area contributed by atoms with Crippen LogP contribution in [0.25, 0.3) is 0 Å². The molecule has 0 spiro atoms. The average molecular weight is 279 g/mol. The van der Waals surface area contributed by atoms with Gasteiger partial charge in [-0.1, -0.05) is 0 Å². The van der Waals surface area contributed by atoms with Crippen LogP contribution in [0.2, 0.25) is 0 Å². The number of rotatable bonds is 4. The first-order chi connectivity index (χ1) is 9.17. The highest BCUT2D eigenvalue weighted by atomic mass is 35.5. The lowest BCUT2D eigenvalue weighted by Gasteiger charge is -2.08. The fourth-order valence-electron chi connectivity index (χ4n) is 1.53. The first-order valence-corrected chi connectivity index (χ1v) is 6.19. The normalized spacial score (nSPS) is 10.0. The molecule has 0 heterocycles. The van der Waals surface area contributed by atoms with Crippen LogP contribution in [0.1, 0.15) is 0 Å². The molecule has 2 rings (SSSR count). The maximum absolute atomic E-state index is 12.8. The van der Waals surface area contributed by atoms with Gasteiger partial charge in [0, 0.05) is 17.1 Å². The van der Waals surface area contributed by atoms with E-state index in [4.69, 9.17) is 11.6 Å². The van der Waals surface area contributed by atoms with Gasteiger partial charge in [-0.15, -0.1) is 11.6 Å². The van der Waals surface area contributed by atoms with Crippen LogP contribution in [-0.4, -0.2) is 11.8 Å². The highest BCUT2D eigenvalue weighted by Crippen LogP contribution is 2.19. The predicted octanol–water partition coefficient (Wildman–Crippen LogP) is 3.75. The van der Waals surface area contributed by atoms with Crippen molar-refractivity contribution in [3.8, 4) is 0 Å². The predicted molar refractivity (Wildman–Crippen MR) is 75.5 cm³/mol. The molecule has 0 aromatic heterocycles. The molecule has 2 aromatic carbocycles. The van der Waals surface area contributed by atoms with E-state index in [-0.39, 0.29) is 17.6 Å². The Morgan fingerprint density at radius 2 is 1.42 bits per heavy atom. The maximum Gasteiger partial charge on any atom is 0.239 e. The van der Waals surface area contributed by atoms with Crippen molar-refractivity contribution in [2.45, 2.75) is 0 Å². The zero-order chi connectivity index (χ0) is 13.7. The molecular formula is C14H12ClFN2O. The van der Waals surface area contributed by atoms with Gasteiger partial charge in [0.1, 0.15) is 11.7 Å². The Kier molecular flexibility index (Phi) is 4.36. The highest BCUT2D eigenvalue weighted by molar-refractivity contribution is 6.29. The molecule has 5 heteroatoms. The summed E-state index contributed by atoms with van der Waals surface area (Å²) in [6.07, 6.45) is 0. The third-order valence-electron chi connectivity index (χ3n) is 2.42. The molecule has 0 saturated heterocycles. The molecule has 19 heavy (non-hydrogen) atoms. The van der Waals surface area contributed by atoms with E-state index in [2.05, 4.69) is 10.6 Å². The van der Waals surface area contributed by atoms with Crippen LogP contribution in [0, 0.1) is 5.82 Å². The Hall–Kier alpha value is -2.07. The van der Waals surface area contributed by atoms with E-state index >= 15 is 0 Å². The fourth-order valence-corrected chi connectivity index (χ4v) is 1.60. The van der Waals surface area contributed by atoms with Crippen molar-refractivity contribution in [2.75, 3.05) is 16.5 Å². The zero-order valence-electron chi connectivity index (χ0n) is 9.99. The van der Waals surface area contributed by atoms with Gasteiger partial charge in [-0.25, -0.2) is 4.39 Å². The molecule has 2 aromatic rings. The Bertz CT molecular complexity index is 555. The van der Waals surface area contributed by atoms with Crippen molar-refractivity contribution >= 4 is 34.6 Å². The molecule has 0 fully saturated rings. The van der Waals surface area contributed by atoms with Crippen LogP contribution < -0.4 is 10.6 Å². The number of hydrogen-bond acceptors (Lipinski definition) is 2. The van der Waals surface area contributed by atoms with Gasteiger partial charge in [0.15, 0.2) is 0 Å². The largest absolute Gasteiger partial charge is 0.356 e. The molecule has 1 amide bonds. The van der Waals surface area contributed by atoms with E-state index in [1.165, 1.54) is 12.1 Å².